The highest BCUT2D eigenvalue weighted by molar-refractivity contribution is 6.42. The molecular formula is C30H31Cl2N3O4. The van der Waals surface area contributed by atoms with E-state index in [1.165, 1.54) is 11.0 Å². The SMILES string of the molecule is COCCN(CC(=O)N(CCc1c[nH]c2ccccc12)Cc1ccc(OC)cc1)C(=O)c1ccc(Cl)c(Cl)c1. The summed E-state index contributed by atoms with van der Waals surface area (Å²) in [5.74, 6) is 0.253. The molecule has 0 bridgehead atoms. The fourth-order valence-corrected chi connectivity index (χ4v) is 4.66. The minimum atomic E-state index is -0.319. The van der Waals surface area contributed by atoms with E-state index in [0.717, 1.165) is 27.8 Å². The van der Waals surface area contributed by atoms with Crippen LogP contribution in [0.15, 0.2) is 72.9 Å². The predicted octanol–water partition coefficient (Wildman–Crippen LogP) is 5.84. The molecule has 0 aliphatic rings. The van der Waals surface area contributed by atoms with E-state index < -0.39 is 0 Å². The Kier molecular flexibility index (Phi) is 9.87. The lowest BCUT2D eigenvalue weighted by atomic mass is 10.1. The van der Waals surface area contributed by atoms with Gasteiger partial charge in [-0.3, -0.25) is 9.59 Å². The van der Waals surface area contributed by atoms with E-state index in [-0.39, 0.29) is 36.5 Å². The molecule has 1 aromatic heterocycles. The Labute approximate surface area is 238 Å². The van der Waals surface area contributed by atoms with Crippen LogP contribution in [-0.2, 0) is 22.5 Å². The number of carbonyl (C=O) groups excluding carboxylic acids is 2. The number of benzene rings is 3. The number of aromatic nitrogens is 1. The van der Waals surface area contributed by atoms with Crippen LogP contribution in [0.2, 0.25) is 10.0 Å². The summed E-state index contributed by atoms with van der Waals surface area (Å²) in [6, 6.07) is 20.4. The highest BCUT2D eigenvalue weighted by Gasteiger charge is 2.23. The molecule has 0 aliphatic carbocycles. The Morgan fingerprint density at radius 3 is 2.38 bits per heavy atom. The van der Waals surface area contributed by atoms with Gasteiger partial charge in [0.25, 0.3) is 5.91 Å². The second-order valence-electron chi connectivity index (χ2n) is 9.12. The number of ether oxygens (including phenoxy) is 2. The number of nitrogens with one attached hydrogen (secondary N) is 1. The van der Waals surface area contributed by atoms with Crippen LogP contribution in [0.4, 0.5) is 0 Å². The van der Waals surface area contributed by atoms with E-state index in [0.29, 0.717) is 30.1 Å². The molecule has 0 unspecified atom stereocenters. The van der Waals surface area contributed by atoms with Gasteiger partial charge in [-0.05, 0) is 53.9 Å². The highest BCUT2D eigenvalue weighted by atomic mass is 35.5. The van der Waals surface area contributed by atoms with Crippen LogP contribution in [0, 0.1) is 0 Å². The number of aromatic amines is 1. The number of fused-ring (bicyclic) bond motifs is 1. The Morgan fingerprint density at radius 1 is 0.897 bits per heavy atom. The van der Waals surface area contributed by atoms with Gasteiger partial charge in [-0.2, -0.15) is 0 Å². The third kappa shape index (κ3) is 7.32. The number of hydrogen-bond acceptors (Lipinski definition) is 4. The van der Waals surface area contributed by atoms with Crippen LogP contribution < -0.4 is 4.74 Å². The first kappa shape index (κ1) is 28.5. The lowest BCUT2D eigenvalue weighted by Crippen LogP contribution is -2.44. The number of H-pyrrole nitrogens is 1. The van der Waals surface area contributed by atoms with Crippen molar-refractivity contribution >= 4 is 45.9 Å². The van der Waals surface area contributed by atoms with Crippen LogP contribution in [0.25, 0.3) is 10.9 Å². The summed E-state index contributed by atoms with van der Waals surface area (Å²) in [6.07, 6.45) is 2.64. The molecule has 2 amide bonds. The number of carbonyl (C=O) groups is 2. The average Bonchev–Trinajstić information content (AvgIpc) is 3.37. The molecule has 3 aromatic carbocycles. The third-order valence-electron chi connectivity index (χ3n) is 6.56. The summed E-state index contributed by atoms with van der Waals surface area (Å²) in [4.78, 5) is 33.7. The molecule has 204 valence electrons. The van der Waals surface area contributed by atoms with Gasteiger partial charge in [-0.15, -0.1) is 0 Å². The van der Waals surface area contributed by atoms with Crippen molar-refractivity contribution in [3.05, 3.63) is 99.7 Å². The minimum Gasteiger partial charge on any atom is -0.497 e. The molecule has 9 heteroatoms. The van der Waals surface area contributed by atoms with Crippen molar-refractivity contribution in [2.45, 2.75) is 13.0 Å². The number of hydrogen-bond donors (Lipinski definition) is 1. The highest BCUT2D eigenvalue weighted by Crippen LogP contribution is 2.24. The molecule has 0 atom stereocenters. The average molecular weight is 569 g/mol. The summed E-state index contributed by atoms with van der Waals surface area (Å²) in [5.41, 5.74) is 3.50. The molecule has 0 spiro atoms. The number of nitrogens with zero attached hydrogens (tertiary/aromatic N) is 2. The van der Waals surface area contributed by atoms with Crippen LogP contribution >= 0.6 is 23.2 Å². The fourth-order valence-electron chi connectivity index (χ4n) is 4.37. The monoisotopic (exact) mass is 567 g/mol. The number of para-hydroxylation sites is 1. The normalized spacial score (nSPS) is 11.0. The van der Waals surface area contributed by atoms with Crippen molar-refractivity contribution in [3.8, 4) is 5.75 Å². The largest absolute Gasteiger partial charge is 0.497 e. The second-order valence-corrected chi connectivity index (χ2v) is 9.94. The summed E-state index contributed by atoms with van der Waals surface area (Å²) in [6.45, 7) is 1.30. The van der Waals surface area contributed by atoms with E-state index >= 15 is 0 Å². The Morgan fingerprint density at radius 2 is 1.67 bits per heavy atom. The lowest BCUT2D eigenvalue weighted by Gasteiger charge is -2.28. The number of methoxy groups -OCH3 is 2. The molecule has 1 heterocycles. The molecule has 0 aliphatic heterocycles. The second kappa shape index (κ2) is 13.5. The van der Waals surface area contributed by atoms with Crippen molar-refractivity contribution in [1.82, 2.24) is 14.8 Å². The quantitative estimate of drug-likeness (QED) is 0.233. The van der Waals surface area contributed by atoms with Gasteiger partial charge in [0.15, 0.2) is 0 Å². The van der Waals surface area contributed by atoms with Gasteiger partial charge in [0.1, 0.15) is 12.3 Å². The van der Waals surface area contributed by atoms with Gasteiger partial charge in [0.05, 0.1) is 23.8 Å². The van der Waals surface area contributed by atoms with Crippen LogP contribution in [0.3, 0.4) is 0 Å². The molecule has 39 heavy (non-hydrogen) atoms. The third-order valence-corrected chi connectivity index (χ3v) is 7.30. The fraction of sp³-hybridized carbons (Fsp3) is 0.267. The van der Waals surface area contributed by atoms with E-state index in [4.69, 9.17) is 32.7 Å². The summed E-state index contributed by atoms with van der Waals surface area (Å²) >= 11 is 12.2. The topological polar surface area (TPSA) is 74.9 Å². The molecule has 4 rings (SSSR count). The summed E-state index contributed by atoms with van der Waals surface area (Å²) in [5, 5.41) is 1.77. The zero-order valence-electron chi connectivity index (χ0n) is 22.0. The van der Waals surface area contributed by atoms with E-state index in [1.54, 1.807) is 31.3 Å². The van der Waals surface area contributed by atoms with Crippen LogP contribution in [-0.4, -0.2) is 67.1 Å². The predicted molar refractivity (Wildman–Crippen MR) is 155 cm³/mol. The van der Waals surface area contributed by atoms with Crippen LogP contribution in [0.5, 0.6) is 5.75 Å². The Hall–Kier alpha value is -3.52. The molecule has 0 radical (unpaired) electrons. The van der Waals surface area contributed by atoms with Gasteiger partial charge in [-0.25, -0.2) is 0 Å². The molecule has 1 N–H and O–H groups in total. The number of amides is 2. The maximum absolute atomic E-state index is 13.7. The van der Waals surface area contributed by atoms with E-state index in [2.05, 4.69) is 11.1 Å². The van der Waals surface area contributed by atoms with Crippen molar-refractivity contribution in [2.75, 3.05) is 40.5 Å². The Bertz CT molecular complexity index is 1420. The zero-order chi connectivity index (χ0) is 27.8. The van der Waals surface area contributed by atoms with Crippen molar-refractivity contribution in [1.29, 1.82) is 0 Å². The first-order chi connectivity index (χ1) is 18.9. The first-order valence-electron chi connectivity index (χ1n) is 12.6. The number of halogens is 2. The summed E-state index contributed by atoms with van der Waals surface area (Å²) < 4.78 is 10.5. The molecule has 7 nitrogen and oxygen atoms in total. The molecule has 0 saturated heterocycles. The lowest BCUT2D eigenvalue weighted by molar-refractivity contribution is -0.132. The number of rotatable bonds is 12. The zero-order valence-corrected chi connectivity index (χ0v) is 23.5. The van der Waals surface area contributed by atoms with Crippen molar-refractivity contribution in [2.24, 2.45) is 0 Å². The van der Waals surface area contributed by atoms with E-state index in [9.17, 15) is 9.59 Å². The van der Waals surface area contributed by atoms with E-state index in [1.807, 2.05) is 48.7 Å². The van der Waals surface area contributed by atoms with Gasteiger partial charge in [0.2, 0.25) is 5.91 Å². The van der Waals surface area contributed by atoms with Crippen molar-refractivity contribution < 1.29 is 19.1 Å². The minimum absolute atomic E-state index is 0.105. The van der Waals surface area contributed by atoms with Crippen LogP contribution in [0.1, 0.15) is 21.5 Å². The van der Waals surface area contributed by atoms with Gasteiger partial charge < -0.3 is 24.3 Å². The van der Waals surface area contributed by atoms with Gasteiger partial charge in [-0.1, -0.05) is 53.5 Å². The first-order valence-corrected chi connectivity index (χ1v) is 13.3. The molecule has 0 saturated carbocycles. The standard InChI is InChI=1S/C30H31Cl2N3O4/c1-38-16-15-35(30(37)22-9-12-26(31)27(32)17-22)20-29(36)34(19-21-7-10-24(39-2)11-8-21)14-13-23-18-33-28-6-4-3-5-25(23)28/h3-12,17-18,33H,13-16,19-20H2,1-2H3. The van der Waals surface area contributed by atoms with Gasteiger partial charge in [0, 0.05) is 49.4 Å². The Balaban J connectivity index is 1.55. The maximum Gasteiger partial charge on any atom is 0.254 e. The summed E-state index contributed by atoms with van der Waals surface area (Å²) in [7, 11) is 3.17. The smallest absolute Gasteiger partial charge is 0.254 e. The van der Waals surface area contributed by atoms with Crippen molar-refractivity contribution in [3.63, 3.8) is 0 Å². The maximum atomic E-state index is 13.7. The molecule has 4 aromatic rings. The van der Waals surface area contributed by atoms with Gasteiger partial charge >= 0.3 is 0 Å². The molecule has 0 fully saturated rings. The molecular weight excluding hydrogens is 537 g/mol.